The monoisotopic (exact) mass is 422 g/mol. The lowest BCUT2D eigenvalue weighted by Crippen LogP contribution is -2.05. The predicted molar refractivity (Wildman–Crippen MR) is 82.5 cm³/mol. The standard InChI is InChI=1S/C15H11Br2F3O/c16-8-11-2-1-3-13(17)14(11)21-9-10-4-6-12(7-5-10)15(18,19)20/h1-7H,8-9H2. The topological polar surface area (TPSA) is 9.23 Å². The van der Waals surface area contributed by atoms with Gasteiger partial charge in [-0.2, -0.15) is 13.2 Å². The highest BCUT2D eigenvalue weighted by molar-refractivity contribution is 9.10. The quantitative estimate of drug-likeness (QED) is 0.552. The SMILES string of the molecule is FC(F)(F)c1ccc(COc2c(Br)cccc2CBr)cc1. The van der Waals surface area contributed by atoms with E-state index in [2.05, 4.69) is 31.9 Å². The van der Waals surface area contributed by atoms with Crippen LogP contribution in [0.2, 0.25) is 0 Å². The van der Waals surface area contributed by atoms with E-state index < -0.39 is 11.7 Å². The van der Waals surface area contributed by atoms with Crippen LogP contribution >= 0.6 is 31.9 Å². The van der Waals surface area contributed by atoms with Crippen molar-refractivity contribution in [3.05, 3.63) is 63.6 Å². The van der Waals surface area contributed by atoms with Gasteiger partial charge in [0.15, 0.2) is 0 Å². The molecule has 0 aliphatic rings. The summed E-state index contributed by atoms with van der Waals surface area (Å²) in [6, 6.07) is 10.6. The van der Waals surface area contributed by atoms with Crippen LogP contribution in [0.3, 0.4) is 0 Å². The molecule has 1 nitrogen and oxygen atoms in total. The van der Waals surface area contributed by atoms with Crippen molar-refractivity contribution < 1.29 is 17.9 Å². The fourth-order valence-corrected chi connectivity index (χ4v) is 2.73. The molecule has 2 rings (SSSR count). The molecule has 0 amide bonds. The van der Waals surface area contributed by atoms with E-state index in [0.717, 1.165) is 22.2 Å². The molecule has 0 aliphatic heterocycles. The maximum absolute atomic E-state index is 12.5. The van der Waals surface area contributed by atoms with E-state index in [1.165, 1.54) is 12.1 Å². The Balaban J connectivity index is 2.10. The van der Waals surface area contributed by atoms with Crippen LogP contribution in [-0.4, -0.2) is 0 Å². The summed E-state index contributed by atoms with van der Waals surface area (Å²) >= 11 is 6.78. The van der Waals surface area contributed by atoms with E-state index in [-0.39, 0.29) is 6.61 Å². The summed E-state index contributed by atoms with van der Waals surface area (Å²) in [5.74, 6) is 0.689. The van der Waals surface area contributed by atoms with Gasteiger partial charge in [0.1, 0.15) is 12.4 Å². The third-order valence-electron chi connectivity index (χ3n) is 2.86. The lowest BCUT2D eigenvalue weighted by atomic mass is 10.1. The van der Waals surface area contributed by atoms with E-state index in [0.29, 0.717) is 16.6 Å². The molecule has 2 aromatic rings. The van der Waals surface area contributed by atoms with Gasteiger partial charge in [-0.3, -0.25) is 0 Å². The Bertz CT molecular complexity index is 609. The highest BCUT2D eigenvalue weighted by atomic mass is 79.9. The first kappa shape index (κ1) is 16.4. The molecule has 21 heavy (non-hydrogen) atoms. The summed E-state index contributed by atoms with van der Waals surface area (Å²) < 4.78 is 44.0. The largest absolute Gasteiger partial charge is 0.487 e. The summed E-state index contributed by atoms with van der Waals surface area (Å²) in [6.07, 6.45) is -4.31. The summed E-state index contributed by atoms with van der Waals surface area (Å²) in [5, 5.41) is 0.634. The molecule has 0 aromatic heterocycles. The predicted octanol–water partition coefficient (Wildman–Crippen LogP) is 5.94. The normalized spacial score (nSPS) is 11.5. The third-order valence-corrected chi connectivity index (χ3v) is 4.09. The van der Waals surface area contributed by atoms with E-state index in [4.69, 9.17) is 4.74 Å². The first-order chi connectivity index (χ1) is 9.91. The Morgan fingerprint density at radius 1 is 1.00 bits per heavy atom. The van der Waals surface area contributed by atoms with Crippen LogP contribution in [0.5, 0.6) is 5.75 Å². The Kier molecular flexibility index (Phi) is 5.32. The smallest absolute Gasteiger partial charge is 0.416 e. The zero-order chi connectivity index (χ0) is 15.5. The van der Waals surface area contributed by atoms with Crippen molar-refractivity contribution in [2.24, 2.45) is 0 Å². The first-order valence-corrected chi connectivity index (χ1v) is 7.95. The zero-order valence-electron chi connectivity index (χ0n) is 10.8. The molecule has 0 atom stereocenters. The van der Waals surface area contributed by atoms with Crippen molar-refractivity contribution >= 4 is 31.9 Å². The van der Waals surface area contributed by atoms with E-state index in [1.54, 1.807) is 0 Å². The number of hydrogen-bond donors (Lipinski definition) is 0. The molecule has 0 spiro atoms. The van der Waals surface area contributed by atoms with Gasteiger partial charge in [-0.1, -0.05) is 40.2 Å². The molecular formula is C15H11Br2F3O. The van der Waals surface area contributed by atoms with E-state index in [1.807, 2.05) is 18.2 Å². The number of alkyl halides is 4. The third kappa shape index (κ3) is 4.23. The molecule has 0 aliphatic carbocycles. The molecule has 0 saturated carbocycles. The Labute approximate surface area is 137 Å². The number of hydrogen-bond acceptors (Lipinski definition) is 1. The minimum absolute atomic E-state index is 0.209. The Morgan fingerprint density at radius 3 is 2.24 bits per heavy atom. The molecule has 112 valence electrons. The van der Waals surface area contributed by atoms with Gasteiger partial charge >= 0.3 is 6.18 Å². The molecule has 0 N–H and O–H groups in total. The van der Waals surface area contributed by atoms with Crippen molar-refractivity contribution in [1.82, 2.24) is 0 Å². The number of para-hydroxylation sites is 1. The molecule has 6 heteroatoms. The Morgan fingerprint density at radius 2 is 1.67 bits per heavy atom. The molecular weight excluding hydrogens is 413 g/mol. The van der Waals surface area contributed by atoms with Crippen LogP contribution in [0.25, 0.3) is 0 Å². The number of ether oxygens (including phenoxy) is 1. The summed E-state index contributed by atoms with van der Waals surface area (Å²) in [6.45, 7) is 0.209. The minimum atomic E-state index is -4.31. The van der Waals surface area contributed by atoms with Crippen molar-refractivity contribution in [2.45, 2.75) is 18.1 Å². The number of halogens is 5. The van der Waals surface area contributed by atoms with Crippen LogP contribution in [0.15, 0.2) is 46.9 Å². The van der Waals surface area contributed by atoms with Crippen LogP contribution in [0.4, 0.5) is 13.2 Å². The number of benzene rings is 2. The van der Waals surface area contributed by atoms with Gasteiger partial charge in [0.25, 0.3) is 0 Å². The Hall–Kier alpha value is -1.01. The second-order valence-electron chi connectivity index (χ2n) is 4.35. The fourth-order valence-electron chi connectivity index (χ4n) is 1.77. The lowest BCUT2D eigenvalue weighted by molar-refractivity contribution is -0.137. The van der Waals surface area contributed by atoms with Crippen LogP contribution in [-0.2, 0) is 18.1 Å². The van der Waals surface area contributed by atoms with Gasteiger partial charge in [-0.05, 0) is 39.7 Å². The molecule has 0 radical (unpaired) electrons. The van der Waals surface area contributed by atoms with Gasteiger partial charge < -0.3 is 4.74 Å². The summed E-state index contributed by atoms with van der Waals surface area (Å²) in [5.41, 5.74) is 0.990. The highest BCUT2D eigenvalue weighted by Crippen LogP contribution is 2.32. The van der Waals surface area contributed by atoms with E-state index in [9.17, 15) is 13.2 Å². The molecule has 0 fully saturated rings. The average molecular weight is 424 g/mol. The number of rotatable bonds is 4. The van der Waals surface area contributed by atoms with Crippen molar-refractivity contribution in [2.75, 3.05) is 0 Å². The first-order valence-electron chi connectivity index (χ1n) is 6.04. The van der Waals surface area contributed by atoms with Crippen molar-refractivity contribution in [1.29, 1.82) is 0 Å². The van der Waals surface area contributed by atoms with Crippen LogP contribution in [0.1, 0.15) is 16.7 Å². The minimum Gasteiger partial charge on any atom is -0.487 e. The molecule has 0 heterocycles. The van der Waals surface area contributed by atoms with Gasteiger partial charge in [0.05, 0.1) is 10.0 Å². The highest BCUT2D eigenvalue weighted by Gasteiger charge is 2.29. The lowest BCUT2D eigenvalue weighted by Gasteiger charge is -2.12. The van der Waals surface area contributed by atoms with Gasteiger partial charge in [-0.25, -0.2) is 0 Å². The summed E-state index contributed by atoms with van der Waals surface area (Å²) in [4.78, 5) is 0. The van der Waals surface area contributed by atoms with Crippen molar-refractivity contribution in [3.63, 3.8) is 0 Å². The molecule has 0 unspecified atom stereocenters. The molecule has 2 aromatic carbocycles. The van der Waals surface area contributed by atoms with Gasteiger partial charge in [0.2, 0.25) is 0 Å². The van der Waals surface area contributed by atoms with Gasteiger partial charge in [0, 0.05) is 10.9 Å². The van der Waals surface area contributed by atoms with Crippen LogP contribution < -0.4 is 4.74 Å². The fraction of sp³-hybridized carbons (Fsp3) is 0.200. The maximum atomic E-state index is 12.5. The summed E-state index contributed by atoms with van der Waals surface area (Å²) in [7, 11) is 0. The van der Waals surface area contributed by atoms with Gasteiger partial charge in [-0.15, -0.1) is 0 Å². The molecule has 0 saturated heterocycles. The molecule has 0 bridgehead atoms. The van der Waals surface area contributed by atoms with Crippen LogP contribution in [0, 0.1) is 0 Å². The zero-order valence-corrected chi connectivity index (χ0v) is 13.9. The maximum Gasteiger partial charge on any atom is 0.416 e. The van der Waals surface area contributed by atoms with E-state index >= 15 is 0 Å². The van der Waals surface area contributed by atoms with Crippen molar-refractivity contribution in [3.8, 4) is 5.75 Å². The average Bonchev–Trinajstić information content (AvgIpc) is 2.45. The second kappa shape index (κ2) is 6.83. The second-order valence-corrected chi connectivity index (χ2v) is 5.76.